The Morgan fingerprint density at radius 2 is 2.30 bits per heavy atom. The fourth-order valence-corrected chi connectivity index (χ4v) is 1.23. The Morgan fingerprint density at radius 3 is 2.80 bits per heavy atom. The van der Waals surface area contributed by atoms with Crippen molar-refractivity contribution in [1.29, 1.82) is 0 Å². The first-order valence-electron chi connectivity index (χ1n) is 4.09. The summed E-state index contributed by atoms with van der Waals surface area (Å²) in [5, 5.41) is 0. The smallest absolute Gasteiger partial charge is 0.0206 e. The van der Waals surface area contributed by atoms with Gasteiger partial charge in [0.25, 0.3) is 0 Å². The highest BCUT2D eigenvalue weighted by Gasteiger charge is 2.05. The van der Waals surface area contributed by atoms with Crippen molar-refractivity contribution in [2.24, 2.45) is 0 Å². The van der Waals surface area contributed by atoms with E-state index in [-0.39, 0.29) is 0 Å². The van der Waals surface area contributed by atoms with Crippen LogP contribution in [0, 0.1) is 6.54 Å². The monoisotopic (exact) mass is 141 g/mol. The summed E-state index contributed by atoms with van der Waals surface area (Å²) < 4.78 is 0. The van der Waals surface area contributed by atoms with Crippen molar-refractivity contribution in [3.8, 4) is 0 Å². The molecule has 0 spiro atoms. The molecule has 0 amide bonds. The van der Waals surface area contributed by atoms with Gasteiger partial charge in [-0.3, -0.25) is 6.54 Å². The molecular formula is C8H17N2-. The van der Waals surface area contributed by atoms with E-state index < -0.39 is 0 Å². The lowest BCUT2D eigenvalue weighted by Crippen LogP contribution is -2.23. The first kappa shape index (κ1) is 8.02. The minimum absolute atomic E-state index is 1.12. The SMILES string of the molecule is CCCCN1C[CH-]N(C)C1. The molecule has 1 aliphatic heterocycles. The van der Waals surface area contributed by atoms with Crippen molar-refractivity contribution in [2.45, 2.75) is 19.8 Å². The molecule has 1 heterocycles. The molecule has 10 heavy (non-hydrogen) atoms. The fourth-order valence-electron chi connectivity index (χ4n) is 1.23. The van der Waals surface area contributed by atoms with Crippen LogP contribution in [-0.4, -0.2) is 36.6 Å². The maximum absolute atomic E-state index is 2.46. The summed E-state index contributed by atoms with van der Waals surface area (Å²) in [6.07, 6.45) is 2.64. The summed E-state index contributed by atoms with van der Waals surface area (Å²) in [4.78, 5) is 4.71. The Bertz CT molecular complexity index is 93.3. The Morgan fingerprint density at radius 1 is 1.50 bits per heavy atom. The Balaban J connectivity index is 2.06. The zero-order chi connectivity index (χ0) is 7.40. The van der Waals surface area contributed by atoms with E-state index in [0.29, 0.717) is 0 Å². The zero-order valence-corrected chi connectivity index (χ0v) is 7.01. The third kappa shape index (κ3) is 2.27. The molecular weight excluding hydrogens is 124 g/mol. The van der Waals surface area contributed by atoms with Crippen molar-refractivity contribution in [2.75, 3.05) is 26.8 Å². The molecule has 2 nitrogen and oxygen atoms in total. The zero-order valence-electron chi connectivity index (χ0n) is 7.01. The van der Waals surface area contributed by atoms with Gasteiger partial charge in [0, 0.05) is 6.67 Å². The van der Waals surface area contributed by atoms with E-state index in [0.717, 1.165) is 13.2 Å². The van der Waals surface area contributed by atoms with Gasteiger partial charge in [-0.25, -0.2) is 0 Å². The van der Waals surface area contributed by atoms with Crippen LogP contribution in [0.15, 0.2) is 0 Å². The standard InChI is InChI=1S/C8H17N2/c1-3-4-5-10-7-6-9(2)8-10/h6H,3-5,7-8H2,1-2H3/q-1. The van der Waals surface area contributed by atoms with E-state index in [1.54, 1.807) is 0 Å². The predicted molar refractivity (Wildman–Crippen MR) is 43.4 cm³/mol. The van der Waals surface area contributed by atoms with Crippen molar-refractivity contribution in [3.05, 3.63) is 6.54 Å². The summed E-state index contributed by atoms with van der Waals surface area (Å²) in [7, 11) is 2.13. The van der Waals surface area contributed by atoms with E-state index in [1.807, 2.05) is 0 Å². The van der Waals surface area contributed by atoms with E-state index >= 15 is 0 Å². The molecule has 0 aromatic carbocycles. The van der Waals surface area contributed by atoms with E-state index in [4.69, 9.17) is 0 Å². The van der Waals surface area contributed by atoms with Crippen molar-refractivity contribution >= 4 is 0 Å². The van der Waals surface area contributed by atoms with Crippen LogP contribution in [0.2, 0.25) is 0 Å². The predicted octanol–water partition coefficient (Wildman–Crippen LogP) is 1.15. The molecule has 0 atom stereocenters. The lowest BCUT2D eigenvalue weighted by atomic mass is 10.3. The summed E-state index contributed by atoms with van der Waals surface area (Å²) in [6, 6.07) is 0. The molecule has 2 heteroatoms. The van der Waals surface area contributed by atoms with E-state index in [2.05, 4.69) is 30.3 Å². The lowest BCUT2D eigenvalue weighted by molar-refractivity contribution is 0.274. The first-order chi connectivity index (χ1) is 4.83. The van der Waals surface area contributed by atoms with Gasteiger partial charge in [0.15, 0.2) is 0 Å². The van der Waals surface area contributed by atoms with E-state index in [9.17, 15) is 0 Å². The Kier molecular flexibility index (Phi) is 3.16. The molecule has 0 aromatic heterocycles. The molecule has 0 N–H and O–H groups in total. The van der Waals surface area contributed by atoms with Gasteiger partial charge in [-0.05, 0) is 20.0 Å². The average molecular weight is 141 g/mol. The normalized spacial score (nSPS) is 22.2. The van der Waals surface area contributed by atoms with Crippen molar-refractivity contribution < 1.29 is 0 Å². The van der Waals surface area contributed by atoms with Crippen LogP contribution in [0.4, 0.5) is 0 Å². The van der Waals surface area contributed by atoms with Gasteiger partial charge in [0.1, 0.15) is 0 Å². The van der Waals surface area contributed by atoms with Crippen LogP contribution in [0.3, 0.4) is 0 Å². The maximum atomic E-state index is 2.46. The number of hydrogen-bond acceptors (Lipinski definition) is 2. The van der Waals surface area contributed by atoms with Gasteiger partial charge in [-0.2, -0.15) is 0 Å². The minimum Gasteiger partial charge on any atom is -0.446 e. The number of rotatable bonds is 3. The summed E-state index contributed by atoms with van der Waals surface area (Å²) in [6.45, 7) is 8.02. The van der Waals surface area contributed by atoms with Crippen LogP contribution < -0.4 is 0 Å². The topological polar surface area (TPSA) is 6.48 Å². The maximum Gasteiger partial charge on any atom is 0.0206 e. The lowest BCUT2D eigenvalue weighted by Gasteiger charge is -2.18. The average Bonchev–Trinajstić information content (AvgIpc) is 2.31. The first-order valence-corrected chi connectivity index (χ1v) is 4.09. The number of likely N-dealkylation sites (N-methyl/N-ethyl adjacent to an activating group) is 1. The highest BCUT2D eigenvalue weighted by atomic mass is 15.4. The van der Waals surface area contributed by atoms with Gasteiger partial charge in [0.05, 0.1) is 0 Å². The molecule has 0 unspecified atom stereocenters. The van der Waals surface area contributed by atoms with E-state index in [1.165, 1.54) is 19.4 Å². The second kappa shape index (κ2) is 3.94. The van der Waals surface area contributed by atoms with Gasteiger partial charge >= 0.3 is 0 Å². The third-order valence-electron chi connectivity index (χ3n) is 1.90. The van der Waals surface area contributed by atoms with Crippen LogP contribution in [0.1, 0.15) is 19.8 Å². The molecule has 1 rings (SSSR count). The summed E-state index contributed by atoms with van der Waals surface area (Å²) in [5.41, 5.74) is 0. The molecule has 0 bridgehead atoms. The molecule has 0 saturated carbocycles. The highest BCUT2D eigenvalue weighted by Crippen LogP contribution is 2.06. The molecule has 1 fully saturated rings. The molecule has 0 radical (unpaired) electrons. The molecule has 60 valence electrons. The number of unbranched alkanes of at least 4 members (excludes halogenated alkanes) is 1. The minimum atomic E-state index is 1.12. The molecule has 0 aromatic rings. The van der Waals surface area contributed by atoms with Crippen molar-refractivity contribution in [3.63, 3.8) is 0 Å². The molecule has 1 aliphatic rings. The second-order valence-corrected chi connectivity index (χ2v) is 3.01. The van der Waals surface area contributed by atoms with Crippen LogP contribution >= 0.6 is 0 Å². The van der Waals surface area contributed by atoms with Gasteiger partial charge < -0.3 is 9.80 Å². The largest absolute Gasteiger partial charge is 0.446 e. The number of hydrogen-bond donors (Lipinski definition) is 0. The van der Waals surface area contributed by atoms with Crippen LogP contribution in [0.5, 0.6) is 0 Å². The Labute approximate surface area is 63.8 Å². The van der Waals surface area contributed by atoms with Gasteiger partial charge in [-0.1, -0.05) is 13.3 Å². The van der Waals surface area contributed by atoms with Crippen LogP contribution in [-0.2, 0) is 0 Å². The van der Waals surface area contributed by atoms with Gasteiger partial charge in [0.2, 0.25) is 0 Å². The number of nitrogens with zero attached hydrogens (tertiary/aromatic N) is 2. The summed E-state index contributed by atoms with van der Waals surface area (Å²) >= 11 is 0. The van der Waals surface area contributed by atoms with Gasteiger partial charge in [-0.15, -0.1) is 6.54 Å². The fraction of sp³-hybridized carbons (Fsp3) is 0.875. The van der Waals surface area contributed by atoms with Crippen LogP contribution in [0.25, 0.3) is 0 Å². The molecule has 1 saturated heterocycles. The quantitative estimate of drug-likeness (QED) is 0.544. The highest BCUT2D eigenvalue weighted by molar-refractivity contribution is 4.77. The Hall–Kier alpha value is -0.0800. The summed E-state index contributed by atoms with van der Waals surface area (Å²) in [5.74, 6) is 0. The third-order valence-corrected chi connectivity index (χ3v) is 1.90. The van der Waals surface area contributed by atoms with Crippen molar-refractivity contribution in [1.82, 2.24) is 9.80 Å². The molecule has 0 aliphatic carbocycles. The second-order valence-electron chi connectivity index (χ2n) is 3.01.